The lowest BCUT2D eigenvalue weighted by molar-refractivity contribution is 0.520. The van der Waals surface area contributed by atoms with Gasteiger partial charge < -0.3 is 10.2 Å². The Morgan fingerprint density at radius 3 is 2.29 bits per heavy atom. The molecule has 1 N–H and O–H groups in total. The van der Waals surface area contributed by atoms with Crippen LogP contribution in [0.25, 0.3) is 0 Å². The van der Waals surface area contributed by atoms with E-state index in [1.807, 2.05) is 19.0 Å². The number of guanidine groups is 1. The summed E-state index contributed by atoms with van der Waals surface area (Å²) >= 11 is 0. The number of nitrogens with one attached hydrogen (secondary N) is 1. The number of rotatable bonds is 8. The van der Waals surface area contributed by atoms with Gasteiger partial charge in [0.15, 0.2) is 5.96 Å². The van der Waals surface area contributed by atoms with Crippen LogP contribution < -0.4 is 5.32 Å². The molecule has 102 valence electrons. The van der Waals surface area contributed by atoms with Gasteiger partial charge in [-0.2, -0.15) is 0 Å². The first-order chi connectivity index (χ1) is 8.07. The van der Waals surface area contributed by atoms with Crippen LogP contribution in [0.5, 0.6) is 0 Å². The highest BCUT2D eigenvalue weighted by Crippen LogP contribution is 2.09. The second-order valence-corrected chi connectivity index (χ2v) is 5.23. The topological polar surface area (TPSA) is 27.6 Å². The monoisotopic (exact) mass is 241 g/mol. The number of aliphatic imine (C=N–C) groups is 1. The largest absolute Gasteiger partial charge is 0.357 e. The van der Waals surface area contributed by atoms with Crippen LogP contribution in [0.15, 0.2) is 4.99 Å². The average Bonchev–Trinajstić information content (AvgIpc) is 2.25. The summed E-state index contributed by atoms with van der Waals surface area (Å²) in [6.07, 6.45) is 6.61. The summed E-state index contributed by atoms with van der Waals surface area (Å²) < 4.78 is 0. The molecule has 0 aromatic rings. The summed E-state index contributed by atoms with van der Waals surface area (Å²) in [6, 6.07) is 0. The number of nitrogens with zero attached hydrogens (tertiary/aromatic N) is 2. The Morgan fingerprint density at radius 1 is 1.12 bits per heavy atom. The van der Waals surface area contributed by atoms with Crippen molar-refractivity contribution in [3.8, 4) is 0 Å². The van der Waals surface area contributed by atoms with Crippen LogP contribution in [0.1, 0.15) is 52.9 Å². The molecule has 0 amide bonds. The minimum absolute atomic E-state index is 0.849. The molecule has 0 saturated carbocycles. The molecule has 0 atom stereocenters. The molecule has 0 bridgehead atoms. The molecule has 0 aliphatic heterocycles. The fourth-order valence-electron chi connectivity index (χ4n) is 1.72. The minimum Gasteiger partial charge on any atom is -0.357 e. The molecule has 0 aliphatic carbocycles. The quantitative estimate of drug-likeness (QED) is 0.402. The van der Waals surface area contributed by atoms with Crippen LogP contribution in [0.2, 0.25) is 0 Å². The Balaban J connectivity index is 3.56. The average molecular weight is 241 g/mol. The zero-order valence-electron chi connectivity index (χ0n) is 12.4. The van der Waals surface area contributed by atoms with Gasteiger partial charge in [-0.05, 0) is 19.3 Å². The third kappa shape index (κ3) is 10.2. The molecule has 0 unspecified atom stereocenters. The van der Waals surface area contributed by atoms with Crippen LogP contribution in [0.4, 0.5) is 0 Å². The van der Waals surface area contributed by atoms with Crippen molar-refractivity contribution in [2.24, 2.45) is 10.9 Å². The second-order valence-electron chi connectivity index (χ2n) is 5.23. The first kappa shape index (κ1) is 16.3. The molecule has 0 spiro atoms. The summed E-state index contributed by atoms with van der Waals surface area (Å²) in [5.41, 5.74) is 0. The summed E-state index contributed by atoms with van der Waals surface area (Å²) in [5, 5.41) is 3.27. The molecule has 0 rings (SSSR count). The van der Waals surface area contributed by atoms with Crippen molar-refractivity contribution in [1.82, 2.24) is 10.2 Å². The molecule has 3 heteroatoms. The van der Waals surface area contributed by atoms with Gasteiger partial charge in [-0.25, -0.2) is 0 Å². The van der Waals surface area contributed by atoms with Crippen molar-refractivity contribution in [3.05, 3.63) is 0 Å². The van der Waals surface area contributed by atoms with E-state index in [0.717, 1.165) is 25.0 Å². The van der Waals surface area contributed by atoms with E-state index >= 15 is 0 Å². The maximum atomic E-state index is 4.58. The third-order valence-corrected chi connectivity index (χ3v) is 2.71. The van der Waals surface area contributed by atoms with Gasteiger partial charge in [0.1, 0.15) is 0 Å². The lowest BCUT2D eigenvalue weighted by atomic mass is 10.0. The van der Waals surface area contributed by atoms with Gasteiger partial charge in [0.25, 0.3) is 0 Å². The normalized spacial score (nSPS) is 12.0. The molecule has 0 aromatic carbocycles. The third-order valence-electron chi connectivity index (χ3n) is 2.71. The first-order valence-corrected chi connectivity index (χ1v) is 7.03. The zero-order chi connectivity index (χ0) is 13.1. The van der Waals surface area contributed by atoms with Crippen molar-refractivity contribution in [3.63, 3.8) is 0 Å². The lowest BCUT2D eigenvalue weighted by Crippen LogP contribution is -2.36. The van der Waals surface area contributed by atoms with Gasteiger partial charge in [-0.3, -0.25) is 4.99 Å². The molecule has 0 saturated heterocycles. The fourth-order valence-corrected chi connectivity index (χ4v) is 1.72. The van der Waals surface area contributed by atoms with Crippen LogP contribution in [-0.2, 0) is 0 Å². The molecular weight excluding hydrogens is 210 g/mol. The predicted molar refractivity (Wildman–Crippen MR) is 77.6 cm³/mol. The van der Waals surface area contributed by atoms with Gasteiger partial charge in [0.2, 0.25) is 0 Å². The minimum atomic E-state index is 0.849. The van der Waals surface area contributed by atoms with E-state index < -0.39 is 0 Å². The maximum absolute atomic E-state index is 4.58. The van der Waals surface area contributed by atoms with Crippen LogP contribution in [0.3, 0.4) is 0 Å². The van der Waals surface area contributed by atoms with Gasteiger partial charge in [0.05, 0.1) is 0 Å². The zero-order valence-corrected chi connectivity index (χ0v) is 12.4. The van der Waals surface area contributed by atoms with Crippen LogP contribution in [0, 0.1) is 5.92 Å². The Labute approximate surface area is 108 Å². The fraction of sp³-hybridized carbons (Fsp3) is 0.929. The van der Waals surface area contributed by atoms with Crippen molar-refractivity contribution in [1.29, 1.82) is 0 Å². The Kier molecular flexibility index (Phi) is 9.98. The second kappa shape index (κ2) is 10.4. The Morgan fingerprint density at radius 2 is 1.76 bits per heavy atom. The SMILES string of the molecule is CCNC(=NCCCCCCC(C)C)N(C)C. The van der Waals surface area contributed by atoms with Gasteiger partial charge >= 0.3 is 0 Å². The molecule has 0 aliphatic rings. The lowest BCUT2D eigenvalue weighted by Gasteiger charge is -2.16. The van der Waals surface area contributed by atoms with E-state index in [-0.39, 0.29) is 0 Å². The molecule has 0 heterocycles. The molecular formula is C14H31N3. The highest BCUT2D eigenvalue weighted by Gasteiger charge is 1.98. The highest BCUT2D eigenvalue weighted by atomic mass is 15.3. The van der Waals surface area contributed by atoms with E-state index in [9.17, 15) is 0 Å². The van der Waals surface area contributed by atoms with E-state index in [4.69, 9.17) is 0 Å². The molecule has 0 aromatic heterocycles. The van der Waals surface area contributed by atoms with Gasteiger partial charge in [0, 0.05) is 27.2 Å². The summed E-state index contributed by atoms with van der Waals surface area (Å²) in [5.74, 6) is 1.86. The smallest absolute Gasteiger partial charge is 0.193 e. The standard InChI is InChI=1S/C14H31N3/c1-6-15-14(17(4)5)16-12-10-8-7-9-11-13(2)3/h13H,6-12H2,1-5H3,(H,15,16). The van der Waals surface area contributed by atoms with Crippen molar-refractivity contribution in [2.45, 2.75) is 52.9 Å². The molecule has 0 radical (unpaired) electrons. The van der Waals surface area contributed by atoms with E-state index in [1.54, 1.807) is 0 Å². The van der Waals surface area contributed by atoms with Crippen LogP contribution >= 0.6 is 0 Å². The van der Waals surface area contributed by atoms with E-state index in [1.165, 1.54) is 32.1 Å². The predicted octanol–water partition coefficient (Wildman–Crippen LogP) is 3.12. The summed E-state index contributed by atoms with van der Waals surface area (Å²) in [7, 11) is 4.06. The molecule has 17 heavy (non-hydrogen) atoms. The molecule has 0 fully saturated rings. The number of hydrogen-bond donors (Lipinski definition) is 1. The number of unbranched alkanes of at least 4 members (excludes halogenated alkanes) is 3. The van der Waals surface area contributed by atoms with Gasteiger partial charge in [-0.1, -0.05) is 39.5 Å². The van der Waals surface area contributed by atoms with E-state index in [2.05, 4.69) is 31.1 Å². The van der Waals surface area contributed by atoms with Crippen LogP contribution in [-0.4, -0.2) is 38.0 Å². The Bertz CT molecular complexity index is 198. The van der Waals surface area contributed by atoms with Gasteiger partial charge in [-0.15, -0.1) is 0 Å². The highest BCUT2D eigenvalue weighted by molar-refractivity contribution is 5.79. The summed E-state index contributed by atoms with van der Waals surface area (Å²) in [6.45, 7) is 8.58. The van der Waals surface area contributed by atoms with E-state index in [0.29, 0.717) is 0 Å². The van der Waals surface area contributed by atoms with Crippen molar-refractivity contribution < 1.29 is 0 Å². The van der Waals surface area contributed by atoms with Crippen molar-refractivity contribution in [2.75, 3.05) is 27.2 Å². The first-order valence-electron chi connectivity index (χ1n) is 7.03. The number of hydrogen-bond acceptors (Lipinski definition) is 1. The maximum Gasteiger partial charge on any atom is 0.193 e. The Hall–Kier alpha value is -0.730. The molecule has 3 nitrogen and oxygen atoms in total. The summed E-state index contributed by atoms with van der Waals surface area (Å²) in [4.78, 5) is 6.62. The van der Waals surface area contributed by atoms with Crippen molar-refractivity contribution >= 4 is 5.96 Å².